The number of nitrogens with one attached hydrogen (secondary N) is 2. The van der Waals surface area contributed by atoms with Gasteiger partial charge < -0.3 is 10.2 Å². The summed E-state index contributed by atoms with van der Waals surface area (Å²) in [7, 11) is -3.73. The Kier molecular flexibility index (Phi) is 7.15. The van der Waals surface area contributed by atoms with Crippen LogP contribution in [0, 0.1) is 17.2 Å². The molecule has 2 aromatic rings. The summed E-state index contributed by atoms with van der Waals surface area (Å²) in [5.41, 5.74) is 0.354. The molecule has 9 nitrogen and oxygen atoms in total. The van der Waals surface area contributed by atoms with E-state index >= 15 is 0 Å². The number of hydrogen-bond donors (Lipinski definition) is 2. The van der Waals surface area contributed by atoms with Gasteiger partial charge in [0.2, 0.25) is 15.9 Å². The lowest BCUT2D eigenvalue weighted by molar-refractivity contribution is -0.121. The highest BCUT2D eigenvalue weighted by atomic mass is 32.2. The topological polar surface area (TPSA) is 132 Å². The molecule has 2 N–H and O–H groups in total. The summed E-state index contributed by atoms with van der Waals surface area (Å²) in [5.74, 6) is -0.731. The van der Waals surface area contributed by atoms with Crippen LogP contribution in [0.15, 0.2) is 40.7 Å². The number of carbonyl (C=O) groups excluding carboxylic acids is 2. The number of hydrogen-bond acceptors (Lipinski definition) is 7. The molecule has 1 atom stereocenters. The lowest BCUT2D eigenvalue weighted by atomic mass is 9.96. The van der Waals surface area contributed by atoms with Crippen molar-refractivity contribution in [3.05, 3.63) is 41.4 Å². The molecule has 1 aromatic heterocycles. The van der Waals surface area contributed by atoms with Gasteiger partial charge in [-0.2, -0.15) is 5.26 Å². The van der Waals surface area contributed by atoms with Crippen molar-refractivity contribution in [2.24, 2.45) is 5.92 Å². The van der Waals surface area contributed by atoms with Gasteiger partial charge in [-0.1, -0.05) is 0 Å². The fourth-order valence-electron chi connectivity index (χ4n) is 3.15. The van der Waals surface area contributed by atoms with Crippen LogP contribution in [0.5, 0.6) is 0 Å². The van der Waals surface area contributed by atoms with Gasteiger partial charge in [-0.25, -0.2) is 18.1 Å². The Morgan fingerprint density at radius 1 is 1.30 bits per heavy atom. The summed E-state index contributed by atoms with van der Waals surface area (Å²) in [6.45, 7) is 0.860. The first-order valence-electron chi connectivity index (χ1n) is 9.37. The molecular formula is C19H21N5O4S2. The largest absolute Gasteiger partial charge is 0.338 e. The van der Waals surface area contributed by atoms with E-state index in [1.54, 1.807) is 16.5 Å². The zero-order valence-electron chi connectivity index (χ0n) is 16.1. The summed E-state index contributed by atoms with van der Waals surface area (Å²) in [4.78, 5) is 31.0. The van der Waals surface area contributed by atoms with Crippen LogP contribution in [0.2, 0.25) is 0 Å². The summed E-state index contributed by atoms with van der Waals surface area (Å²) in [5, 5.41) is 13.6. The average molecular weight is 448 g/mol. The molecule has 1 fully saturated rings. The van der Waals surface area contributed by atoms with Crippen molar-refractivity contribution in [2.75, 3.05) is 25.0 Å². The number of sulfonamides is 1. The van der Waals surface area contributed by atoms with Gasteiger partial charge in [0.1, 0.15) is 0 Å². The molecule has 1 aliphatic heterocycles. The van der Waals surface area contributed by atoms with E-state index in [0.717, 1.165) is 0 Å². The molecule has 1 aliphatic rings. The second-order valence-corrected chi connectivity index (χ2v) is 9.41. The molecule has 2 amide bonds. The predicted octanol–water partition coefficient (Wildman–Crippen LogP) is 1.83. The molecule has 0 bridgehead atoms. The number of benzene rings is 1. The molecule has 1 saturated heterocycles. The first-order valence-corrected chi connectivity index (χ1v) is 11.7. The van der Waals surface area contributed by atoms with Gasteiger partial charge in [-0.05, 0) is 37.1 Å². The van der Waals surface area contributed by atoms with Crippen LogP contribution in [-0.2, 0) is 14.8 Å². The standard InChI is InChI=1S/C19H21N5O4S2/c20-8-2-9-22-30(27,28)16-6-4-14(5-7-16)18(26)24-11-1-3-15(13-24)17(25)23-19-21-10-12-29-19/h4-7,10,12,15,22H,1-3,9,11,13H2,(H,21,23,25). The van der Waals surface area contributed by atoms with E-state index in [0.29, 0.717) is 36.6 Å². The smallest absolute Gasteiger partial charge is 0.253 e. The first-order chi connectivity index (χ1) is 14.4. The molecule has 30 heavy (non-hydrogen) atoms. The minimum absolute atomic E-state index is 0.0244. The maximum Gasteiger partial charge on any atom is 0.253 e. The minimum Gasteiger partial charge on any atom is -0.338 e. The van der Waals surface area contributed by atoms with E-state index in [4.69, 9.17) is 5.26 Å². The van der Waals surface area contributed by atoms with Crippen LogP contribution in [0.3, 0.4) is 0 Å². The van der Waals surface area contributed by atoms with Gasteiger partial charge in [0.05, 0.1) is 16.9 Å². The third kappa shape index (κ3) is 5.41. The third-order valence-corrected chi connectivity index (χ3v) is 6.85. The maximum atomic E-state index is 12.8. The van der Waals surface area contributed by atoms with Gasteiger partial charge in [0.25, 0.3) is 5.91 Å². The van der Waals surface area contributed by atoms with E-state index in [2.05, 4.69) is 15.0 Å². The summed E-state index contributed by atoms with van der Waals surface area (Å²) in [6, 6.07) is 7.50. The molecule has 0 aliphatic carbocycles. The number of nitrogens with zero attached hydrogens (tertiary/aromatic N) is 3. The zero-order valence-corrected chi connectivity index (χ0v) is 17.7. The van der Waals surface area contributed by atoms with Gasteiger partial charge in [0.15, 0.2) is 5.13 Å². The predicted molar refractivity (Wildman–Crippen MR) is 111 cm³/mol. The fraction of sp³-hybridized carbons (Fsp3) is 0.368. The van der Waals surface area contributed by atoms with Crippen molar-refractivity contribution in [3.63, 3.8) is 0 Å². The van der Waals surface area contributed by atoms with Crippen LogP contribution in [0.1, 0.15) is 29.6 Å². The molecule has 0 spiro atoms. The van der Waals surface area contributed by atoms with Crippen molar-refractivity contribution < 1.29 is 18.0 Å². The van der Waals surface area contributed by atoms with Crippen molar-refractivity contribution in [3.8, 4) is 6.07 Å². The normalized spacial score (nSPS) is 16.6. The van der Waals surface area contributed by atoms with E-state index in [1.807, 2.05) is 6.07 Å². The second-order valence-electron chi connectivity index (χ2n) is 6.75. The van der Waals surface area contributed by atoms with Gasteiger partial charge in [-0.3, -0.25) is 9.59 Å². The number of amides is 2. The van der Waals surface area contributed by atoms with Crippen molar-refractivity contribution in [2.45, 2.75) is 24.2 Å². The zero-order chi connectivity index (χ0) is 21.6. The SMILES string of the molecule is N#CCCNS(=O)(=O)c1ccc(C(=O)N2CCCC(C(=O)Nc3nccs3)C2)cc1. The summed E-state index contributed by atoms with van der Waals surface area (Å²) >= 11 is 1.33. The van der Waals surface area contributed by atoms with E-state index < -0.39 is 10.0 Å². The van der Waals surface area contributed by atoms with Crippen LogP contribution >= 0.6 is 11.3 Å². The number of piperidine rings is 1. The molecule has 11 heteroatoms. The van der Waals surface area contributed by atoms with Crippen molar-refractivity contribution >= 4 is 38.3 Å². The highest BCUT2D eigenvalue weighted by Gasteiger charge is 2.29. The number of aromatic nitrogens is 1. The Morgan fingerprint density at radius 2 is 2.07 bits per heavy atom. The lowest BCUT2D eigenvalue weighted by Gasteiger charge is -2.32. The number of likely N-dealkylation sites (tertiary alicyclic amines) is 1. The van der Waals surface area contributed by atoms with Crippen molar-refractivity contribution in [1.29, 1.82) is 5.26 Å². The Morgan fingerprint density at radius 3 is 2.73 bits per heavy atom. The van der Waals surface area contributed by atoms with Gasteiger partial charge in [-0.15, -0.1) is 11.3 Å². The molecule has 1 aromatic carbocycles. The first kappa shape index (κ1) is 21.9. The average Bonchev–Trinajstić information content (AvgIpc) is 3.26. The maximum absolute atomic E-state index is 12.8. The number of anilines is 1. The minimum atomic E-state index is -3.73. The summed E-state index contributed by atoms with van der Waals surface area (Å²) < 4.78 is 26.7. The highest BCUT2D eigenvalue weighted by molar-refractivity contribution is 7.89. The van der Waals surface area contributed by atoms with Crippen LogP contribution < -0.4 is 10.0 Å². The van der Waals surface area contributed by atoms with Gasteiger partial charge in [0, 0.05) is 43.2 Å². The molecule has 0 saturated carbocycles. The Hall–Kier alpha value is -2.81. The molecule has 3 rings (SSSR count). The van der Waals surface area contributed by atoms with Crippen LogP contribution in [-0.4, -0.2) is 49.8 Å². The van der Waals surface area contributed by atoms with E-state index in [9.17, 15) is 18.0 Å². The molecule has 2 heterocycles. The fourth-order valence-corrected chi connectivity index (χ4v) is 4.72. The monoisotopic (exact) mass is 447 g/mol. The molecule has 158 valence electrons. The molecule has 1 unspecified atom stereocenters. The van der Waals surface area contributed by atoms with Crippen LogP contribution in [0.25, 0.3) is 0 Å². The van der Waals surface area contributed by atoms with E-state index in [1.165, 1.54) is 35.6 Å². The lowest BCUT2D eigenvalue weighted by Crippen LogP contribution is -2.43. The Balaban J connectivity index is 1.63. The molecular weight excluding hydrogens is 426 g/mol. The number of carbonyl (C=O) groups is 2. The van der Waals surface area contributed by atoms with Crippen molar-refractivity contribution in [1.82, 2.24) is 14.6 Å². The Labute approximate surface area is 178 Å². The quantitative estimate of drug-likeness (QED) is 0.622. The second kappa shape index (κ2) is 9.80. The van der Waals surface area contributed by atoms with E-state index in [-0.39, 0.29) is 35.6 Å². The van der Waals surface area contributed by atoms with Gasteiger partial charge >= 0.3 is 0 Å². The van der Waals surface area contributed by atoms with Crippen LogP contribution in [0.4, 0.5) is 5.13 Å². The Bertz CT molecular complexity index is 1030. The molecule has 0 radical (unpaired) electrons. The number of thiazole rings is 1. The number of rotatable bonds is 7. The third-order valence-electron chi connectivity index (χ3n) is 4.68. The summed E-state index contributed by atoms with van der Waals surface area (Å²) in [6.07, 6.45) is 3.07. The highest BCUT2D eigenvalue weighted by Crippen LogP contribution is 2.22. The number of nitriles is 1.